The molecule has 3 rings (SSSR count). The van der Waals surface area contributed by atoms with Crippen LogP contribution in [0.25, 0.3) is 0 Å². The van der Waals surface area contributed by atoms with E-state index in [0.29, 0.717) is 0 Å². The molecule has 2 aliphatic rings. The zero-order chi connectivity index (χ0) is 21.9. The standard InChI is InChI=1S/C24H39N5O2.HI/c1-3-25-23(26-14-11-21-7-9-22(10-8-21)28-20(2)30)27-19-24(12-5-4-6-13-24)29-15-17-31-18-16-29;/h7-10H,3-6,11-19H2,1-2H3,(H,28,30)(H2,25,26,27);1H. The Labute approximate surface area is 210 Å². The van der Waals surface area contributed by atoms with Gasteiger partial charge in [0.2, 0.25) is 5.91 Å². The van der Waals surface area contributed by atoms with Gasteiger partial charge in [0.15, 0.2) is 5.96 Å². The highest BCUT2D eigenvalue weighted by Crippen LogP contribution is 2.34. The minimum Gasteiger partial charge on any atom is -0.379 e. The second-order valence-corrected chi connectivity index (χ2v) is 8.63. The van der Waals surface area contributed by atoms with Crippen LogP contribution in [0.15, 0.2) is 29.3 Å². The zero-order valence-corrected chi connectivity index (χ0v) is 22.0. The molecule has 1 amide bonds. The number of carbonyl (C=O) groups is 1. The predicted octanol–water partition coefficient (Wildman–Crippen LogP) is 3.40. The molecule has 0 bridgehead atoms. The van der Waals surface area contributed by atoms with Gasteiger partial charge in [-0.3, -0.25) is 14.7 Å². The molecule has 32 heavy (non-hydrogen) atoms. The Balaban J connectivity index is 0.00000363. The SMILES string of the molecule is CCNC(=NCC1(N2CCOCC2)CCCCC1)NCCc1ccc(NC(C)=O)cc1.I. The van der Waals surface area contributed by atoms with E-state index >= 15 is 0 Å². The van der Waals surface area contributed by atoms with E-state index in [0.717, 1.165) is 64.0 Å². The van der Waals surface area contributed by atoms with Gasteiger partial charge in [-0.1, -0.05) is 31.4 Å². The Morgan fingerprint density at radius 3 is 2.41 bits per heavy atom. The van der Waals surface area contributed by atoms with Gasteiger partial charge in [0, 0.05) is 44.3 Å². The number of halogens is 1. The summed E-state index contributed by atoms with van der Waals surface area (Å²) in [5, 5.41) is 9.72. The molecule has 8 heteroatoms. The van der Waals surface area contributed by atoms with Crippen LogP contribution in [0, 0.1) is 0 Å². The van der Waals surface area contributed by atoms with Crippen LogP contribution in [0.1, 0.15) is 51.5 Å². The van der Waals surface area contributed by atoms with Crippen LogP contribution >= 0.6 is 24.0 Å². The van der Waals surface area contributed by atoms with Crippen LogP contribution in [0.5, 0.6) is 0 Å². The molecule has 0 atom stereocenters. The average Bonchev–Trinajstić information content (AvgIpc) is 2.79. The van der Waals surface area contributed by atoms with Crippen molar-refractivity contribution in [3.63, 3.8) is 0 Å². The number of carbonyl (C=O) groups excluding carboxylic acids is 1. The number of nitrogens with one attached hydrogen (secondary N) is 3. The van der Waals surface area contributed by atoms with Gasteiger partial charge in [-0.15, -0.1) is 24.0 Å². The van der Waals surface area contributed by atoms with Gasteiger partial charge in [0.1, 0.15) is 0 Å². The Hall–Kier alpha value is -1.39. The number of hydrogen-bond donors (Lipinski definition) is 3. The molecule has 0 unspecified atom stereocenters. The lowest BCUT2D eigenvalue weighted by atomic mass is 9.80. The number of rotatable bonds is 8. The third-order valence-corrected chi connectivity index (χ3v) is 6.32. The van der Waals surface area contributed by atoms with Crippen LogP contribution in [-0.2, 0) is 16.0 Å². The first-order valence-corrected chi connectivity index (χ1v) is 11.8. The second-order valence-electron chi connectivity index (χ2n) is 8.63. The van der Waals surface area contributed by atoms with Gasteiger partial charge in [-0.05, 0) is 43.9 Å². The fraction of sp³-hybridized carbons (Fsp3) is 0.667. The summed E-state index contributed by atoms with van der Waals surface area (Å²) >= 11 is 0. The van der Waals surface area contributed by atoms with E-state index in [4.69, 9.17) is 9.73 Å². The van der Waals surface area contributed by atoms with Crippen molar-refractivity contribution in [1.29, 1.82) is 0 Å². The monoisotopic (exact) mass is 557 g/mol. The molecule has 1 aliphatic carbocycles. The number of anilines is 1. The fourth-order valence-electron chi connectivity index (χ4n) is 4.67. The molecule has 0 radical (unpaired) electrons. The summed E-state index contributed by atoms with van der Waals surface area (Å²) in [6.07, 6.45) is 7.30. The summed E-state index contributed by atoms with van der Waals surface area (Å²) in [5.41, 5.74) is 2.25. The second kappa shape index (κ2) is 14.0. The topological polar surface area (TPSA) is 78.0 Å². The van der Waals surface area contributed by atoms with Crippen molar-refractivity contribution in [3.8, 4) is 0 Å². The number of nitrogens with zero attached hydrogens (tertiary/aromatic N) is 2. The maximum atomic E-state index is 11.2. The van der Waals surface area contributed by atoms with Crippen molar-refractivity contribution in [1.82, 2.24) is 15.5 Å². The van der Waals surface area contributed by atoms with Crippen molar-refractivity contribution in [2.45, 2.75) is 57.9 Å². The molecule has 0 spiro atoms. The highest BCUT2D eigenvalue weighted by atomic mass is 127. The summed E-state index contributed by atoms with van der Waals surface area (Å²) in [5.74, 6) is 0.851. The summed E-state index contributed by atoms with van der Waals surface area (Å²) < 4.78 is 5.60. The Morgan fingerprint density at radius 1 is 1.09 bits per heavy atom. The van der Waals surface area contributed by atoms with Gasteiger partial charge < -0.3 is 20.7 Å². The number of ether oxygens (including phenoxy) is 1. The zero-order valence-electron chi connectivity index (χ0n) is 19.6. The van der Waals surface area contributed by atoms with E-state index < -0.39 is 0 Å². The maximum Gasteiger partial charge on any atom is 0.221 e. The van der Waals surface area contributed by atoms with Gasteiger partial charge in [0.05, 0.1) is 19.8 Å². The van der Waals surface area contributed by atoms with E-state index in [9.17, 15) is 4.79 Å². The van der Waals surface area contributed by atoms with Crippen molar-refractivity contribution < 1.29 is 9.53 Å². The van der Waals surface area contributed by atoms with Crippen LogP contribution in [0.4, 0.5) is 5.69 Å². The molecule has 1 aromatic carbocycles. The maximum absolute atomic E-state index is 11.2. The van der Waals surface area contributed by atoms with Crippen molar-refractivity contribution in [3.05, 3.63) is 29.8 Å². The lowest BCUT2D eigenvalue weighted by molar-refractivity contribution is -0.114. The average molecular weight is 558 g/mol. The lowest BCUT2D eigenvalue weighted by Gasteiger charge is -2.47. The summed E-state index contributed by atoms with van der Waals surface area (Å²) in [4.78, 5) is 18.8. The van der Waals surface area contributed by atoms with E-state index in [2.05, 4.69) is 39.9 Å². The van der Waals surface area contributed by atoms with Gasteiger partial charge >= 0.3 is 0 Å². The largest absolute Gasteiger partial charge is 0.379 e. The van der Waals surface area contributed by atoms with Gasteiger partial charge in [-0.25, -0.2) is 0 Å². The Bertz CT molecular complexity index is 714. The molecule has 3 N–H and O–H groups in total. The molecule has 1 aromatic rings. The van der Waals surface area contributed by atoms with E-state index in [1.165, 1.54) is 44.6 Å². The Kier molecular flexibility index (Phi) is 11.7. The summed E-state index contributed by atoms with van der Waals surface area (Å²) in [6, 6.07) is 8.02. The normalized spacial score (nSPS) is 19.0. The van der Waals surface area contributed by atoms with E-state index in [1.807, 2.05) is 12.1 Å². The first-order chi connectivity index (χ1) is 15.1. The highest BCUT2D eigenvalue weighted by Gasteiger charge is 2.38. The van der Waals surface area contributed by atoms with Crippen LogP contribution in [0.2, 0.25) is 0 Å². The minimum atomic E-state index is -0.0475. The molecule has 2 fully saturated rings. The van der Waals surface area contributed by atoms with E-state index in [1.54, 1.807) is 0 Å². The molecule has 1 saturated carbocycles. The van der Waals surface area contributed by atoms with Crippen LogP contribution in [-0.4, -0.2) is 68.2 Å². The predicted molar refractivity (Wildman–Crippen MR) is 142 cm³/mol. The minimum absolute atomic E-state index is 0. The van der Waals surface area contributed by atoms with Crippen molar-refractivity contribution >= 4 is 41.5 Å². The Morgan fingerprint density at radius 2 is 1.78 bits per heavy atom. The quantitative estimate of drug-likeness (QED) is 0.260. The number of aliphatic imine (C=N–C) groups is 1. The number of guanidine groups is 1. The molecule has 7 nitrogen and oxygen atoms in total. The van der Waals surface area contributed by atoms with E-state index in [-0.39, 0.29) is 35.4 Å². The molecule has 1 aliphatic heterocycles. The molecular formula is C24H40IN5O2. The first-order valence-electron chi connectivity index (χ1n) is 11.8. The fourth-order valence-corrected chi connectivity index (χ4v) is 4.67. The number of morpholine rings is 1. The van der Waals surface area contributed by atoms with Crippen molar-refractivity contribution in [2.24, 2.45) is 4.99 Å². The third kappa shape index (κ3) is 8.19. The molecule has 180 valence electrons. The molecule has 0 aromatic heterocycles. The highest BCUT2D eigenvalue weighted by molar-refractivity contribution is 14.0. The van der Waals surface area contributed by atoms with Gasteiger partial charge in [-0.2, -0.15) is 0 Å². The first kappa shape index (κ1) is 26.9. The molecule has 1 heterocycles. The third-order valence-electron chi connectivity index (χ3n) is 6.32. The summed E-state index contributed by atoms with van der Waals surface area (Å²) in [7, 11) is 0. The van der Waals surface area contributed by atoms with Crippen LogP contribution < -0.4 is 16.0 Å². The molecular weight excluding hydrogens is 517 g/mol. The lowest BCUT2D eigenvalue weighted by Crippen LogP contribution is -2.56. The van der Waals surface area contributed by atoms with Crippen molar-refractivity contribution in [2.75, 3.05) is 51.3 Å². The van der Waals surface area contributed by atoms with Gasteiger partial charge in [0.25, 0.3) is 0 Å². The smallest absolute Gasteiger partial charge is 0.221 e. The summed E-state index contributed by atoms with van der Waals surface area (Å²) in [6.45, 7) is 9.86. The van der Waals surface area contributed by atoms with Crippen LogP contribution in [0.3, 0.4) is 0 Å². The number of amides is 1. The number of benzene rings is 1. The molecule has 1 saturated heterocycles. The number of hydrogen-bond acceptors (Lipinski definition) is 4.